The fourth-order valence-corrected chi connectivity index (χ4v) is 3.17. The molecule has 140 valence electrons. The van der Waals surface area contributed by atoms with Gasteiger partial charge in [0.15, 0.2) is 0 Å². The Morgan fingerprint density at radius 2 is 1.74 bits per heavy atom. The van der Waals surface area contributed by atoms with Crippen LogP contribution in [0, 0.1) is 5.82 Å². The van der Waals surface area contributed by atoms with Crippen molar-refractivity contribution in [1.82, 2.24) is 4.90 Å². The van der Waals surface area contributed by atoms with Gasteiger partial charge in [0.05, 0.1) is 11.1 Å². The third kappa shape index (κ3) is 3.60. The van der Waals surface area contributed by atoms with Crippen molar-refractivity contribution in [3.05, 3.63) is 65.0 Å². The van der Waals surface area contributed by atoms with Crippen molar-refractivity contribution < 1.29 is 18.8 Å². The molecule has 0 atom stereocenters. The highest BCUT2D eigenvalue weighted by atomic mass is 19.1. The lowest BCUT2D eigenvalue weighted by Crippen LogP contribution is -2.33. The van der Waals surface area contributed by atoms with Crippen LogP contribution in [0.25, 0.3) is 0 Å². The maximum Gasteiger partial charge on any atom is 0.264 e. The van der Waals surface area contributed by atoms with Crippen LogP contribution < -0.4 is 5.32 Å². The molecular formula is C21H21FN2O3. The zero-order valence-corrected chi connectivity index (χ0v) is 15.5. The molecular weight excluding hydrogens is 347 g/mol. The standard InChI is InChI=1S/C21H21FN2O3/c1-21(2,3)14-8-4-5-10-16(14)23-17(25)11-12-24-19(26)13-7-6-9-15(22)18(13)20(24)27/h4-10H,11-12H2,1-3H3,(H,23,25). The Balaban J connectivity index is 1.69. The summed E-state index contributed by atoms with van der Waals surface area (Å²) in [6, 6.07) is 11.4. The first-order chi connectivity index (χ1) is 12.7. The van der Waals surface area contributed by atoms with Crippen molar-refractivity contribution in [1.29, 1.82) is 0 Å². The topological polar surface area (TPSA) is 66.5 Å². The molecule has 0 fully saturated rings. The summed E-state index contributed by atoms with van der Waals surface area (Å²) in [5.41, 5.74) is 1.35. The molecule has 3 amide bonds. The summed E-state index contributed by atoms with van der Waals surface area (Å²) >= 11 is 0. The highest BCUT2D eigenvalue weighted by Crippen LogP contribution is 2.29. The molecule has 1 N–H and O–H groups in total. The number of carbonyl (C=O) groups is 3. The second kappa shape index (κ2) is 6.95. The third-order valence-corrected chi connectivity index (χ3v) is 4.52. The minimum absolute atomic E-state index is 0.0403. The summed E-state index contributed by atoms with van der Waals surface area (Å²) in [6.45, 7) is 6.04. The second-order valence-corrected chi connectivity index (χ2v) is 7.52. The van der Waals surface area contributed by atoms with Crippen LogP contribution in [0.1, 0.15) is 53.5 Å². The van der Waals surface area contributed by atoms with Crippen LogP contribution in [-0.4, -0.2) is 29.2 Å². The fourth-order valence-electron chi connectivity index (χ4n) is 3.17. The summed E-state index contributed by atoms with van der Waals surface area (Å²) in [6.07, 6.45) is -0.0639. The molecule has 0 aliphatic carbocycles. The molecule has 0 aromatic heterocycles. The van der Waals surface area contributed by atoms with E-state index in [4.69, 9.17) is 0 Å². The van der Waals surface area contributed by atoms with Gasteiger partial charge in [0, 0.05) is 18.7 Å². The molecule has 1 aliphatic rings. The highest BCUT2D eigenvalue weighted by Gasteiger charge is 2.37. The van der Waals surface area contributed by atoms with Gasteiger partial charge in [-0.05, 0) is 29.2 Å². The Morgan fingerprint density at radius 3 is 2.41 bits per heavy atom. The van der Waals surface area contributed by atoms with E-state index >= 15 is 0 Å². The average Bonchev–Trinajstić information content (AvgIpc) is 2.84. The summed E-state index contributed by atoms with van der Waals surface area (Å²) in [5.74, 6) is -2.31. The molecule has 5 nitrogen and oxygen atoms in total. The van der Waals surface area contributed by atoms with Crippen LogP contribution in [0.3, 0.4) is 0 Å². The monoisotopic (exact) mass is 368 g/mol. The van der Waals surface area contributed by atoms with Gasteiger partial charge in [-0.2, -0.15) is 0 Å². The van der Waals surface area contributed by atoms with Gasteiger partial charge >= 0.3 is 0 Å². The molecule has 0 spiro atoms. The van der Waals surface area contributed by atoms with E-state index in [1.165, 1.54) is 12.1 Å². The number of amides is 3. The van der Waals surface area contributed by atoms with Crippen LogP contribution >= 0.6 is 0 Å². The van der Waals surface area contributed by atoms with Crippen LogP contribution in [-0.2, 0) is 10.2 Å². The van der Waals surface area contributed by atoms with Crippen molar-refractivity contribution in [2.24, 2.45) is 0 Å². The Morgan fingerprint density at radius 1 is 1.04 bits per heavy atom. The number of nitrogens with zero attached hydrogens (tertiary/aromatic N) is 1. The lowest BCUT2D eigenvalue weighted by molar-refractivity contribution is -0.116. The number of halogens is 1. The minimum Gasteiger partial charge on any atom is -0.326 e. The SMILES string of the molecule is CC(C)(C)c1ccccc1NC(=O)CCN1C(=O)c2cccc(F)c2C1=O. The summed E-state index contributed by atoms with van der Waals surface area (Å²) in [5, 5.41) is 2.84. The van der Waals surface area contributed by atoms with Gasteiger partial charge < -0.3 is 5.32 Å². The zero-order chi connectivity index (χ0) is 19.8. The molecule has 0 bridgehead atoms. The van der Waals surface area contributed by atoms with Crippen molar-refractivity contribution in [3.63, 3.8) is 0 Å². The Labute approximate surface area is 157 Å². The van der Waals surface area contributed by atoms with Gasteiger partial charge in [-0.1, -0.05) is 45.0 Å². The van der Waals surface area contributed by atoms with Crippen LogP contribution in [0.5, 0.6) is 0 Å². The molecule has 1 heterocycles. The van der Waals surface area contributed by atoms with Gasteiger partial charge in [-0.3, -0.25) is 19.3 Å². The zero-order valence-electron chi connectivity index (χ0n) is 15.5. The second-order valence-electron chi connectivity index (χ2n) is 7.52. The smallest absolute Gasteiger partial charge is 0.264 e. The number of imide groups is 1. The molecule has 3 rings (SSSR count). The lowest BCUT2D eigenvalue weighted by Gasteiger charge is -2.23. The van der Waals surface area contributed by atoms with Gasteiger partial charge in [0.2, 0.25) is 5.91 Å². The van der Waals surface area contributed by atoms with E-state index in [1.54, 1.807) is 0 Å². The number of nitrogens with one attached hydrogen (secondary N) is 1. The summed E-state index contributed by atoms with van der Waals surface area (Å²) in [4.78, 5) is 37.9. The Bertz CT molecular complexity index is 931. The van der Waals surface area contributed by atoms with E-state index in [1.807, 2.05) is 45.0 Å². The van der Waals surface area contributed by atoms with Gasteiger partial charge in [0.1, 0.15) is 5.82 Å². The molecule has 1 aliphatic heterocycles. The number of hydrogen-bond donors (Lipinski definition) is 1. The molecule has 0 saturated heterocycles. The maximum absolute atomic E-state index is 13.9. The normalized spacial score (nSPS) is 13.7. The highest BCUT2D eigenvalue weighted by molar-refractivity contribution is 6.21. The maximum atomic E-state index is 13.9. The first-order valence-electron chi connectivity index (χ1n) is 8.74. The van der Waals surface area contributed by atoms with Crippen LogP contribution in [0.2, 0.25) is 0 Å². The fraction of sp³-hybridized carbons (Fsp3) is 0.286. The first-order valence-corrected chi connectivity index (χ1v) is 8.74. The van der Waals surface area contributed by atoms with E-state index in [0.717, 1.165) is 16.5 Å². The van der Waals surface area contributed by atoms with Crippen molar-refractivity contribution in [3.8, 4) is 0 Å². The van der Waals surface area contributed by atoms with E-state index in [-0.39, 0.29) is 35.4 Å². The van der Waals surface area contributed by atoms with Crippen molar-refractivity contribution >= 4 is 23.4 Å². The quantitative estimate of drug-likeness (QED) is 0.836. The van der Waals surface area contributed by atoms with Crippen LogP contribution in [0.4, 0.5) is 10.1 Å². The van der Waals surface area contributed by atoms with E-state index in [9.17, 15) is 18.8 Å². The summed E-state index contributed by atoms with van der Waals surface area (Å²) in [7, 11) is 0. The van der Waals surface area contributed by atoms with E-state index in [2.05, 4.69) is 5.32 Å². The summed E-state index contributed by atoms with van der Waals surface area (Å²) < 4.78 is 13.9. The van der Waals surface area contributed by atoms with Gasteiger partial charge in [0.25, 0.3) is 11.8 Å². The number of benzene rings is 2. The van der Waals surface area contributed by atoms with E-state index < -0.39 is 17.6 Å². The number of anilines is 1. The molecule has 27 heavy (non-hydrogen) atoms. The molecule has 0 radical (unpaired) electrons. The molecule has 6 heteroatoms. The average molecular weight is 368 g/mol. The molecule has 2 aromatic rings. The minimum atomic E-state index is -0.725. The predicted molar refractivity (Wildman–Crippen MR) is 100 cm³/mol. The van der Waals surface area contributed by atoms with Crippen molar-refractivity contribution in [2.75, 3.05) is 11.9 Å². The first kappa shape index (κ1) is 18.8. The third-order valence-electron chi connectivity index (χ3n) is 4.52. The lowest BCUT2D eigenvalue weighted by atomic mass is 9.86. The van der Waals surface area contributed by atoms with Gasteiger partial charge in [-0.15, -0.1) is 0 Å². The number of hydrogen-bond acceptors (Lipinski definition) is 3. The van der Waals surface area contributed by atoms with Crippen LogP contribution in [0.15, 0.2) is 42.5 Å². The van der Waals surface area contributed by atoms with Gasteiger partial charge in [-0.25, -0.2) is 4.39 Å². The Hall–Kier alpha value is -3.02. The number of para-hydroxylation sites is 1. The molecule has 2 aromatic carbocycles. The Kier molecular flexibility index (Phi) is 4.83. The number of rotatable bonds is 4. The van der Waals surface area contributed by atoms with Crippen molar-refractivity contribution in [2.45, 2.75) is 32.6 Å². The number of fused-ring (bicyclic) bond motifs is 1. The molecule has 0 unspecified atom stereocenters. The van der Waals surface area contributed by atoms with E-state index in [0.29, 0.717) is 5.69 Å². The predicted octanol–water partition coefficient (Wildman–Crippen LogP) is 3.75. The molecule has 0 saturated carbocycles. The largest absolute Gasteiger partial charge is 0.326 e. The number of carbonyl (C=O) groups excluding carboxylic acids is 3.